The molecule has 0 unspecified atom stereocenters. The largest absolute Gasteiger partial charge is 0.489 e. The molecule has 1 aromatic rings. The van der Waals surface area contributed by atoms with Gasteiger partial charge in [0.25, 0.3) is 0 Å². The summed E-state index contributed by atoms with van der Waals surface area (Å²) in [6.45, 7) is 6.87. The highest BCUT2D eigenvalue weighted by molar-refractivity contribution is 5.78. The fourth-order valence-electron chi connectivity index (χ4n) is 2.97. The first-order valence-electron chi connectivity index (χ1n) is 7.47. The standard InChI is InChI=1S/C15H23N3O2/c19-11-2-7-18-10-12-20-14-4-1-3-13(15(14)18)17-8-5-16-6-9-17/h1,3-4,16,19H,2,5-12H2. The van der Waals surface area contributed by atoms with Crippen LogP contribution >= 0.6 is 0 Å². The number of aliphatic hydroxyl groups is 1. The topological polar surface area (TPSA) is 48.0 Å². The second-order valence-electron chi connectivity index (χ2n) is 5.27. The van der Waals surface area contributed by atoms with Gasteiger partial charge in [-0.15, -0.1) is 0 Å². The van der Waals surface area contributed by atoms with Gasteiger partial charge >= 0.3 is 0 Å². The van der Waals surface area contributed by atoms with Gasteiger partial charge < -0.3 is 25.0 Å². The van der Waals surface area contributed by atoms with Crippen molar-refractivity contribution in [1.82, 2.24) is 5.32 Å². The summed E-state index contributed by atoms with van der Waals surface area (Å²) in [5, 5.41) is 12.5. The highest BCUT2D eigenvalue weighted by Gasteiger charge is 2.24. The van der Waals surface area contributed by atoms with Crippen LogP contribution in [0.5, 0.6) is 5.75 Å². The fourth-order valence-corrected chi connectivity index (χ4v) is 2.97. The third-order valence-corrected chi connectivity index (χ3v) is 3.96. The van der Waals surface area contributed by atoms with Crippen LogP contribution in [-0.4, -0.2) is 57.6 Å². The Bertz CT molecular complexity index is 447. The summed E-state index contributed by atoms with van der Waals surface area (Å²) < 4.78 is 5.82. The minimum absolute atomic E-state index is 0.239. The maximum atomic E-state index is 9.09. The minimum atomic E-state index is 0.239. The smallest absolute Gasteiger partial charge is 0.144 e. The molecule has 110 valence electrons. The molecule has 0 aliphatic carbocycles. The molecule has 1 fully saturated rings. The third-order valence-electron chi connectivity index (χ3n) is 3.96. The second-order valence-corrected chi connectivity index (χ2v) is 5.27. The van der Waals surface area contributed by atoms with Crippen molar-refractivity contribution in [3.05, 3.63) is 18.2 Å². The normalized spacial score (nSPS) is 18.6. The van der Waals surface area contributed by atoms with Crippen LogP contribution in [0.25, 0.3) is 0 Å². The van der Waals surface area contributed by atoms with E-state index >= 15 is 0 Å². The molecule has 1 saturated heterocycles. The third kappa shape index (κ3) is 2.69. The van der Waals surface area contributed by atoms with E-state index in [1.807, 2.05) is 6.07 Å². The predicted molar refractivity (Wildman–Crippen MR) is 80.9 cm³/mol. The number of nitrogens with zero attached hydrogens (tertiary/aromatic N) is 2. The van der Waals surface area contributed by atoms with Crippen LogP contribution in [-0.2, 0) is 0 Å². The second kappa shape index (κ2) is 6.33. The van der Waals surface area contributed by atoms with E-state index in [1.165, 1.54) is 11.4 Å². The number of hydrogen-bond donors (Lipinski definition) is 2. The van der Waals surface area contributed by atoms with Crippen LogP contribution in [0.4, 0.5) is 11.4 Å². The predicted octanol–water partition coefficient (Wildman–Crippen LogP) is 0.677. The van der Waals surface area contributed by atoms with Crippen LogP contribution in [0.15, 0.2) is 18.2 Å². The molecule has 2 N–H and O–H groups in total. The van der Waals surface area contributed by atoms with E-state index in [4.69, 9.17) is 9.84 Å². The summed E-state index contributed by atoms with van der Waals surface area (Å²) in [5.74, 6) is 0.977. The SMILES string of the molecule is OCCCN1CCOc2cccc(N3CCNCC3)c21. The number of fused-ring (bicyclic) bond motifs is 1. The van der Waals surface area contributed by atoms with Crippen molar-refractivity contribution in [3.8, 4) is 5.75 Å². The van der Waals surface area contributed by atoms with Gasteiger partial charge in [0.15, 0.2) is 0 Å². The average Bonchev–Trinajstić information content (AvgIpc) is 2.53. The number of anilines is 2. The monoisotopic (exact) mass is 277 g/mol. The molecule has 0 bridgehead atoms. The molecule has 3 rings (SSSR count). The Labute approximate surface area is 120 Å². The van der Waals surface area contributed by atoms with Crippen LogP contribution in [0, 0.1) is 0 Å². The summed E-state index contributed by atoms with van der Waals surface area (Å²) in [5.41, 5.74) is 2.47. The van der Waals surface area contributed by atoms with Crippen molar-refractivity contribution in [3.63, 3.8) is 0 Å². The van der Waals surface area contributed by atoms with E-state index in [0.29, 0.717) is 0 Å². The zero-order chi connectivity index (χ0) is 13.8. The lowest BCUT2D eigenvalue weighted by Gasteiger charge is -2.37. The molecule has 0 radical (unpaired) electrons. The molecule has 0 saturated carbocycles. The van der Waals surface area contributed by atoms with Crippen LogP contribution in [0.3, 0.4) is 0 Å². The van der Waals surface area contributed by atoms with Gasteiger partial charge in [0.1, 0.15) is 18.0 Å². The highest BCUT2D eigenvalue weighted by atomic mass is 16.5. The van der Waals surface area contributed by atoms with E-state index < -0.39 is 0 Å². The first kappa shape index (κ1) is 13.5. The molecule has 0 atom stereocenters. The molecule has 5 nitrogen and oxygen atoms in total. The summed E-state index contributed by atoms with van der Waals surface area (Å²) in [6.07, 6.45) is 0.801. The number of nitrogens with one attached hydrogen (secondary N) is 1. The van der Waals surface area contributed by atoms with Crippen molar-refractivity contribution in [1.29, 1.82) is 0 Å². The molecule has 2 aliphatic rings. The Morgan fingerprint density at radius 2 is 2.05 bits per heavy atom. The lowest BCUT2D eigenvalue weighted by Crippen LogP contribution is -2.44. The van der Waals surface area contributed by atoms with Gasteiger partial charge in [-0.05, 0) is 18.6 Å². The molecular weight excluding hydrogens is 254 g/mol. The number of para-hydroxylation sites is 1. The molecule has 20 heavy (non-hydrogen) atoms. The summed E-state index contributed by atoms with van der Waals surface area (Å²) >= 11 is 0. The van der Waals surface area contributed by atoms with E-state index in [0.717, 1.165) is 58.0 Å². The molecule has 0 spiro atoms. The molecular formula is C15H23N3O2. The van der Waals surface area contributed by atoms with Crippen LogP contribution in [0.1, 0.15) is 6.42 Å². The number of piperazine rings is 1. The molecule has 1 aromatic carbocycles. The Morgan fingerprint density at radius 1 is 1.20 bits per heavy atom. The Morgan fingerprint density at radius 3 is 2.85 bits per heavy atom. The number of hydrogen-bond acceptors (Lipinski definition) is 5. The average molecular weight is 277 g/mol. The first-order chi connectivity index (χ1) is 9.90. The maximum Gasteiger partial charge on any atom is 0.144 e. The maximum absolute atomic E-state index is 9.09. The Kier molecular flexibility index (Phi) is 4.28. The lowest BCUT2D eigenvalue weighted by atomic mass is 10.1. The quantitative estimate of drug-likeness (QED) is 0.847. The van der Waals surface area contributed by atoms with Crippen molar-refractivity contribution in [2.24, 2.45) is 0 Å². The highest BCUT2D eigenvalue weighted by Crippen LogP contribution is 2.40. The fraction of sp³-hybridized carbons (Fsp3) is 0.600. The van der Waals surface area contributed by atoms with Gasteiger partial charge in [-0.1, -0.05) is 6.07 Å². The Hall–Kier alpha value is -1.46. The molecule has 0 aromatic heterocycles. The van der Waals surface area contributed by atoms with Gasteiger partial charge in [0.2, 0.25) is 0 Å². The number of aliphatic hydroxyl groups excluding tert-OH is 1. The van der Waals surface area contributed by atoms with Gasteiger partial charge in [-0.2, -0.15) is 0 Å². The number of ether oxygens (including phenoxy) is 1. The number of rotatable bonds is 4. The van der Waals surface area contributed by atoms with Crippen molar-refractivity contribution in [2.45, 2.75) is 6.42 Å². The summed E-state index contributed by atoms with van der Waals surface area (Å²) in [6, 6.07) is 6.31. The first-order valence-corrected chi connectivity index (χ1v) is 7.47. The summed E-state index contributed by atoms with van der Waals surface area (Å²) in [7, 11) is 0. The minimum Gasteiger partial charge on any atom is -0.489 e. The number of benzene rings is 1. The van der Waals surface area contributed by atoms with E-state index in [1.54, 1.807) is 0 Å². The molecule has 2 aliphatic heterocycles. The molecule has 2 heterocycles. The molecule has 5 heteroatoms. The van der Waals surface area contributed by atoms with Crippen LogP contribution < -0.4 is 19.9 Å². The zero-order valence-electron chi connectivity index (χ0n) is 11.8. The van der Waals surface area contributed by atoms with Gasteiger partial charge in [-0.3, -0.25) is 0 Å². The van der Waals surface area contributed by atoms with E-state index in [2.05, 4.69) is 27.2 Å². The van der Waals surface area contributed by atoms with Crippen molar-refractivity contribution < 1.29 is 9.84 Å². The van der Waals surface area contributed by atoms with Crippen molar-refractivity contribution in [2.75, 3.05) is 62.3 Å². The van der Waals surface area contributed by atoms with E-state index in [9.17, 15) is 0 Å². The van der Waals surface area contributed by atoms with Crippen molar-refractivity contribution >= 4 is 11.4 Å². The lowest BCUT2D eigenvalue weighted by molar-refractivity contribution is 0.279. The van der Waals surface area contributed by atoms with Gasteiger partial charge in [0.05, 0.1) is 12.2 Å². The van der Waals surface area contributed by atoms with Gasteiger partial charge in [0, 0.05) is 39.3 Å². The molecule has 0 amide bonds. The zero-order valence-corrected chi connectivity index (χ0v) is 11.8. The Balaban J connectivity index is 1.90. The van der Waals surface area contributed by atoms with Crippen LogP contribution in [0.2, 0.25) is 0 Å². The summed E-state index contributed by atoms with van der Waals surface area (Å²) in [4.78, 5) is 4.78. The van der Waals surface area contributed by atoms with E-state index in [-0.39, 0.29) is 6.61 Å². The van der Waals surface area contributed by atoms with Gasteiger partial charge in [-0.25, -0.2) is 0 Å².